The standard InChI is InChI=1S/C9H17N3O2S/c1-6(2)8-11-9(15-12-8)10-5-7(13-3)14-4/h6-7H,5H2,1-4H3,(H,10,11,12). The number of nitrogens with zero attached hydrogens (tertiary/aromatic N) is 2. The quantitative estimate of drug-likeness (QED) is 0.755. The Morgan fingerprint density at radius 3 is 2.47 bits per heavy atom. The minimum absolute atomic E-state index is 0.253. The number of nitrogens with one attached hydrogen (secondary N) is 1. The molecule has 0 saturated heterocycles. The van der Waals surface area contributed by atoms with Crippen molar-refractivity contribution >= 4 is 16.7 Å². The summed E-state index contributed by atoms with van der Waals surface area (Å²) in [5, 5.41) is 3.92. The molecule has 1 heterocycles. The fourth-order valence-electron chi connectivity index (χ4n) is 0.975. The average molecular weight is 231 g/mol. The number of ether oxygens (including phenoxy) is 2. The molecule has 1 rings (SSSR count). The molecule has 0 aliphatic carbocycles. The number of hydrogen-bond acceptors (Lipinski definition) is 6. The second-order valence-electron chi connectivity index (χ2n) is 3.39. The van der Waals surface area contributed by atoms with E-state index in [0.717, 1.165) is 11.0 Å². The van der Waals surface area contributed by atoms with Crippen molar-refractivity contribution in [3.8, 4) is 0 Å². The van der Waals surface area contributed by atoms with Gasteiger partial charge in [0.2, 0.25) is 5.13 Å². The molecule has 86 valence electrons. The first-order valence-corrected chi connectivity index (χ1v) is 5.57. The Balaban J connectivity index is 2.43. The van der Waals surface area contributed by atoms with Gasteiger partial charge in [-0.05, 0) is 0 Å². The first-order chi connectivity index (χ1) is 7.17. The van der Waals surface area contributed by atoms with Crippen LogP contribution in [0.2, 0.25) is 0 Å². The summed E-state index contributed by atoms with van der Waals surface area (Å²) in [6.07, 6.45) is -0.253. The van der Waals surface area contributed by atoms with Crippen molar-refractivity contribution in [3.05, 3.63) is 5.82 Å². The number of aromatic nitrogens is 2. The van der Waals surface area contributed by atoms with Gasteiger partial charge in [-0.2, -0.15) is 4.37 Å². The smallest absolute Gasteiger partial charge is 0.202 e. The molecular weight excluding hydrogens is 214 g/mol. The third kappa shape index (κ3) is 3.73. The summed E-state index contributed by atoms with van der Waals surface area (Å²) in [5.74, 6) is 1.23. The molecule has 1 aromatic rings. The zero-order valence-corrected chi connectivity index (χ0v) is 10.3. The van der Waals surface area contributed by atoms with Crippen LogP contribution in [0.1, 0.15) is 25.6 Å². The van der Waals surface area contributed by atoms with E-state index < -0.39 is 0 Å². The van der Waals surface area contributed by atoms with Crippen LogP contribution in [-0.4, -0.2) is 36.4 Å². The largest absolute Gasteiger partial charge is 0.355 e. The van der Waals surface area contributed by atoms with E-state index in [2.05, 4.69) is 28.5 Å². The molecule has 0 bridgehead atoms. The van der Waals surface area contributed by atoms with Crippen LogP contribution >= 0.6 is 11.5 Å². The van der Waals surface area contributed by atoms with Gasteiger partial charge < -0.3 is 14.8 Å². The Kier molecular flexibility index (Phi) is 4.93. The molecule has 6 heteroatoms. The molecule has 0 aromatic carbocycles. The lowest BCUT2D eigenvalue weighted by Gasteiger charge is -2.12. The van der Waals surface area contributed by atoms with Crippen molar-refractivity contribution < 1.29 is 9.47 Å². The summed E-state index contributed by atoms with van der Waals surface area (Å²) >= 11 is 1.36. The fraction of sp³-hybridized carbons (Fsp3) is 0.778. The summed E-state index contributed by atoms with van der Waals surface area (Å²) in [4.78, 5) is 4.34. The lowest BCUT2D eigenvalue weighted by molar-refractivity contribution is -0.0914. The van der Waals surface area contributed by atoms with Gasteiger partial charge in [-0.3, -0.25) is 0 Å². The maximum Gasteiger partial charge on any atom is 0.202 e. The predicted octanol–water partition coefficient (Wildman–Crippen LogP) is 1.69. The van der Waals surface area contributed by atoms with Crippen LogP contribution in [0.15, 0.2) is 0 Å². The first-order valence-electron chi connectivity index (χ1n) is 4.80. The predicted molar refractivity (Wildman–Crippen MR) is 60.3 cm³/mol. The van der Waals surface area contributed by atoms with Gasteiger partial charge in [0.15, 0.2) is 6.29 Å². The van der Waals surface area contributed by atoms with Gasteiger partial charge >= 0.3 is 0 Å². The van der Waals surface area contributed by atoms with Gasteiger partial charge in [0.25, 0.3) is 0 Å². The molecule has 1 N–H and O–H groups in total. The van der Waals surface area contributed by atoms with Gasteiger partial charge in [-0.1, -0.05) is 13.8 Å². The summed E-state index contributed by atoms with van der Waals surface area (Å²) in [5.41, 5.74) is 0. The van der Waals surface area contributed by atoms with Crippen LogP contribution < -0.4 is 5.32 Å². The molecule has 5 nitrogen and oxygen atoms in total. The molecule has 0 spiro atoms. The van der Waals surface area contributed by atoms with Crippen molar-refractivity contribution in [2.45, 2.75) is 26.1 Å². The summed E-state index contributed by atoms with van der Waals surface area (Å²) in [6, 6.07) is 0. The molecule has 0 aliphatic rings. The summed E-state index contributed by atoms with van der Waals surface area (Å²) in [6.45, 7) is 4.71. The highest BCUT2D eigenvalue weighted by molar-refractivity contribution is 7.09. The van der Waals surface area contributed by atoms with Crippen LogP contribution in [0.25, 0.3) is 0 Å². The van der Waals surface area contributed by atoms with Crippen molar-refractivity contribution in [1.29, 1.82) is 0 Å². The van der Waals surface area contributed by atoms with E-state index in [9.17, 15) is 0 Å². The molecule has 0 radical (unpaired) electrons. The molecule has 0 atom stereocenters. The van der Waals surface area contributed by atoms with E-state index >= 15 is 0 Å². The Bertz CT molecular complexity index is 287. The first kappa shape index (κ1) is 12.4. The number of hydrogen-bond donors (Lipinski definition) is 1. The fourth-order valence-corrected chi connectivity index (χ4v) is 1.69. The van der Waals surface area contributed by atoms with Crippen molar-refractivity contribution in [1.82, 2.24) is 9.36 Å². The summed E-state index contributed by atoms with van der Waals surface area (Å²) < 4.78 is 14.3. The van der Waals surface area contributed by atoms with E-state index in [1.807, 2.05) is 0 Å². The maximum absolute atomic E-state index is 5.05. The van der Waals surface area contributed by atoms with Crippen LogP contribution in [-0.2, 0) is 9.47 Å². The Hall–Kier alpha value is -0.720. The van der Waals surface area contributed by atoms with Gasteiger partial charge in [0.05, 0.1) is 6.54 Å². The topological polar surface area (TPSA) is 56.3 Å². The third-order valence-corrected chi connectivity index (χ3v) is 2.59. The highest BCUT2D eigenvalue weighted by atomic mass is 32.1. The lowest BCUT2D eigenvalue weighted by Crippen LogP contribution is -2.23. The molecule has 0 aliphatic heterocycles. The highest BCUT2D eigenvalue weighted by Gasteiger charge is 2.09. The van der Waals surface area contributed by atoms with Crippen LogP contribution in [0, 0.1) is 0 Å². The minimum Gasteiger partial charge on any atom is -0.355 e. The monoisotopic (exact) mass is 231 g/mol. The highest BCUT2D eigenvalue weighted by Crippen LogP contribution is 2.17. The van der Waals surface area contributed by atoms with E-state index in [1.54, 1.807) is 14.2 Å². The molecule has 0 saturated carbocycles. The summed E-state index contributed by atoms with van der Waals surface area (Å²) in [7, 11) is 3.21. The minimum atomic E-state index is -0.253. The zero-order valence-electron chi connectivity index (χ0n) is 9.48. The van der Waals surface area contributed by atoms with E-state index in [4.69, 9.17) is 9.47 Å². The van der Waals surface area contributed by atoms with Crippen molar-refractivity contribution in [2.24, 2.45) is 0 Å². The molecule has 15 heavy (non-hydrogen) atoms. The maximum atomic E-state index is 5.05. The Labute approximate surface area is 94.0 Å². The van der Waals surface area contributed by atoms with Gasteiger partial charge in [0, 0.05) is 31.7 Å². The SMILES string of the molecule is COC(CNc1nc(C(C)C)ns1)OC. The van der Waals surface area contributed by atoms with Crippen LogP contribution in [0.4, 0.5) is 5.13 Å². The number of anilines is 1. The van der Waals surface area contributed by atoms with Crippen LogP contribution in [0.3, 0.4) is 0 Å². The Morgan fingerprint density at radius 2 is 2.00 bits per heavy atom. The van der Waals surface area contributed by atoms with Gasteiger partial charge in [-0.15, -0.1) is 0 Å². The Morgan fingerprint density at radius 1 is 1.33 bits per heavy atom. The van der Waals surface area contributed by atoms with E-state index in [0.29, 0.717) is 12.5 Å². The third-order valence-electron chi connectivity index (χ3n) is 1.90. The van der Waals surface area contributed by atoms with Gasteiger partial charge in [-0.25, -0.2) is 4.98 Å². The van der Waals surface area contributed by atoms with E-state index in [1.165, 1.54) is 11.5 Å². The van der Waals surface area contributed by atoms with Gasteiger partial charge in [0.1, 0.15) is 5.82 Å². The van der Waals surface area contributed by atoms with Crippen LogP contribution in [0.5, 0.6) is 0 Å². The second kappa shape index (κ2) is 5.99. The molecule has 0 unspecified atom stereocenters. The molecular formula is C9H17N3O2S. The zero-order chi connectivity index (χ0) is 11.3. The second-order valence-corrected chi connectivity index (χ2v) is 4.15. The van der Waals surface area contributed by atoms with E-state index in [-0.39, 0.29) is 6.29 Å². The van der Waals surface area contributed by atoms with Crippen molar-refractivity contribution in [2.75, 3.05) is 26.1 Å². The molecule has 0 amide bonds. The normalized spacial score (nSPS) is 11.3. The molecule has 0 fully saturated rings. The van der Waals surface area contributed by atoms with Crippen molar-refractivity contribution in [3.63, 3.8) is 0 Å². The number of methoxy groups -OCH3 is 2. The lowest BCUT2D eigenvalue weighted by atomic mass is 10.2. The number of rotatable bonds is 6. The average Bonchev–Trinajstić information content (AvgIpc) is 2.68. The molecule has 1 aromatic heterocycles.